The van der Waals surface area contributed by atoms with Crippen LogP contribution in [-0.4, -0.2) is 16.1 Å². The van der Waals surface area contributed by atoms with Crippen LogP contribution in [0.15, 0.2) is 30.3 Å². The van der Waals surface area contributed by atoms with Crippen molar-refractivity contribution in [1.29, 1.82) is 0 Å². The fourth-order valence-corrected chi connectivity index (χ4v) is 3.81. The van der Waals surface area contributed by atoms with E-state index >= 15 is 0 Å². The van der Waals surface area contributed by atoms with E-state index in [9.17, 15) is 4.79 Å². The van der Waals surface area contributed by atoms with Crippen molar-refractivity contribution >= 4 is 5.91 Å². The first-order valence-corrected chi connectivity index (χ1v) is 7.72. The summed E-state index contributed by atoms with van der Waals surface area (Å²) in [4.78, 5) is 12.6. The molecule has 2 atom stereocenters. The van der Waals surface area contributed by atoms with Gasteiger partial charge in [-0.2, -0.15) is 5.10 Å². The summed E-state index contributed by atoms with van der Waals surface area (Å²) in [7, 11) is 0. The van der Waals surface area contributed by atoms with Gasteiger partial charge >= 0.3 is 0 Å². The second-order valence-corrected chi connectivity index (χ2v) is 6.67. The normalized spacial score (nSPS) is 26.9. The molecule has 2 saturated carbocycles. The van der Waals surface area contributed by atoms with E-state index in [1.807, 2.05) is 18.2 Å². The van der Waals surface area contributed by atoms with E-state index < -0.39 is 0 Å². The SMILES string of the molecule is O=C(NC1(c2ccccc2)CC1)c1n[nH]c2c1CC1CC21. The van der Waals surface area contributed by atoms with Crippen LogP contribution in [0.3, 0.4) is 0 Å². The first-order valence-electron chi connectivity index (χ1n) is 7.72. The van der Waals surface area contributed by atoms with E-state index in [4.69, 9.17) is 0 Å². The molecule has 1 amide bonds. The van der Waals surface area contributed by atoms with Crippen molar-refractivity contribution in [3.63, 3.8) is 0 Å². The van der Waals surface area contributed by atoms with Gasteiger partial charge < -0.3 is 5.32 Å². The number of fused-ring (bicyclic) bond motifs is 3. The number of carbonyl (C=O) groups excluding carboxylic acids is 1. The Morgan fingerprint density at radius 2 is 2.10 bits per heavy atom. The third-order valence-corrected chi connectivity index (χ3v) is 5.30. The Morgan fingerprint density at radius 3 is 2.86 bits per heavy atom. The highest BCUT2D eigenvalue weighted by molar-refractivity contribution is 5.95. The van der Waals surface area contributed by atoms with Gasteiger partial charge in [-0.05, 0) is 37.2 Å². The summed E-state index contributed by atoms with van der Waals surface area (Å²) in [6.45, 7) is 0. The Labute approximate surface area is 122 Å². The Balaban J connectivity index is 1.42. The Bertz CT molecular complexity index is 730. The Kier molecular flexibility index (Phi) is 2.06. The zero-order valence-corrected chi connectivity index (χ0v) is 11.7. The number of carbonyl (C=O) groups is 1. The van der Waals surface area contributed by atoms with E-state index in [0.717, 1.165) is 30.7 Å². The monoisotopic (exact) mass is 279 g/mol. The molecule has 0 bridgehead atoms. The van der Waals surface area contributed by atoms with Crippen LogP contribution in [-0.2, 0) is 12.0 Å². The average molecular weight is 279 g/mol. The number of hydrogen-bond donors (Lipinski definition) is 2. The molecule has 21 heavy (non-hydrogen) atoms. The summed E-state index contributed by atoms with van der Waals surface area (Å²) >= 11 is 0. The maximum absolute atomic E-state index is 12.6. The first-order chi connectivity index (χ1) is 10.3. The summed E-state index contributed by atoms with van der Waals surface area (Å²) in [5.74, 6) is 1.40. The highest BCUT2D eigenvalue weighted by Crippen LogP contribution is 2.56. The minimum Gasteiger partial charge on any atom is -0.341 e. The van der Waals surface area contributed by atoms with Gasteiger partial charge in [0.25, 0.3) is 5.91 Å². The highest BCUT2D eigenvalue weighted by atomic mass is 16.2. The summed E-state index contributed by atoms with van der Waals surface area (Å²) in [5.41, 5.74) is 4.05. The van der Waals surface area contributed by atoms with Crippen LogP contribution < -0.4 is 5.32 Å². The largest absolute Gasteiger partial charge is 0.341 e. The van der Waals surface area contributed by atoms with Crippen molar-refractivity contribution in [2.45, 2.75) is 37.1 Å². The van der Waals surface area contributed by atoms with Gasteiger partial charge in [-0.1, -0.05) is 30.3 Å². The number of hydrogen-bond acceptors (Lipinski definition) is 2. The fourth-order valence-electron chi connectivity index (χ4n) is 3.81. The molecule has 0 aliphatic heterocycles. The van der Waals surface area contributed by atoms with E-state index in [1.54, 1.807) is 0 Å². The molecule has 1 heterocycles. The summed E-state index contributed by atoms with van der Waals surface area (Å²) in [6.07, 6.45) is 4.32. The second-order valence-electron chi connectivity index (χ2n) is 6.67. The van der Waals surface area contributed by atoms with Crippen molar-refractivity contribution in [2.75, 3.05) is 0 Å². The molecule has 2 unspecified atom stereocenters. The lowest BCUT2D eigenvalue weighted by Crippen LogP contribution is -2.35. The maximum Gasteiger partial charge on any atom is 0.272 e. The third kappa shape index (κ3) is 1.62. The molecule has 5 rings (SSSR count). The number of H-pyrrole nitrogens is 1. The minimum atomic E-state index is -0.161. The van der Waals surface area contributed by atoms with Crippen LogP contribution in [0.5, 0.6) is 0 Å². The highest BCUT2D eigenvalue weighted by Gasteiger charge is 2.50. The maximum atomic E-state index is 12.6. The molecule has 2 N–H and O–H groups in total. The molecule has 4 nitrogen and oxygen atoms in total. The van der Waals surface area contributed by atoms with Gasteiger partial charge in [-0.25, -0.2) is 0 Å². The molecule has 3 aliphatic rings. The van der Waals surface area contributed by atoms with E-state index in [0.29, 0.717) is 11.6 Å². The smallest absolute Gasteiger partial charge is 0.272 e. The molecule has 0 spiro atoms. The topological polar surface area (TPSA) is 57.8 Å². The van der Waals surface area contributed by atoms with Gasteiger partial charge in [0.2, 0.25) is 0 Å². The van der Waals surface area contributed by atoms with Gasteiger partial charge in [-0.15, -0.1) is 0 Å². The van der Waals surface area contributed by atoms with Crippen LogP contribution in [0.4, 0.5) is 0 Å². The van der Waals surface area contributed by atoms with E-state index in [1.165, 1.54) is 17.7 Å². The third-order valence-electron chi connectivity index (χ3n) is 5.30. The van der Waals surface area contributed by atoms with Gasteiger partial charge in [0, 0.05) is 17.2 Å². The van der Waals surface area contributed by atoms with Crippen LogP contribution in [0.1, 0.15) is 52.5 Å². The molecule has 3 aliphatic carbocycles. The number of aromatic nitrogens is 2. The van der Waals surface area contributed by atoms with Crippen LogP contribution >= 0.6 is 0 Å². The number of nitrogens with zero attached hydrogens (tertiary/aromatic N) is 1. The zero-order chi connectivity index (χ0) is 14.0. The first kappa shape index (κ1) is 11.5. The summed E-state index contributed by atoms with van der Waals surface area (Å²) in [6, 6.07) is 10.3. The van der Waals surface area contributed by atoms with Crippen molar-refractivity contribution < 1.29 is 4.79 Å². The Hall–Kier alpha value is -2.10. The van der Waals surface area contributed by atoms with Crippen LogP contribution in [0.2, 0.25) is 0 Å². The Morgan fingerprint density at radius 1 is 1.29 bits per heavy atom. The number of aromatic amines is 1. The van der Waals surface area contributed by atoms with E-state index in [2.05, 4.69) is 27.6 Å². The number of nitrogens with one attached hydrogen (secondary N) is 2. The zero-order valence-electron chi connectivity index (χ0n) is 11.7. The van der Waals surface area contributed by atoms with Gasteiger partial charge in [-0.3, -0.25) is 9.89 Å². The number of benzene rings is 1. The molecule has 4 heteroatoms. The number of rotatable bonds is 3. The quantitative estimate of drug-likeness (QED) is 0.907. The lowest BCUT2D eigenvalue weighted by Gasteiger charge is -2.17. The summed E-state index contributed by atoms with van der Waals surface area (Å²) < 4.78 is 0. The predicted molar refractivity (Wildman–Crippen MR) is 78.0 cm³/mol. The lowest BCUT2D eigenvalue weighted by atomic mass is 10.0. The number of amides is 1. The van der Waals surface area contributed by atoms with Crippen molar-refractivity contribution in [3.05, 3.63) is 52.8 Å². The average Bonchev–Trinajstić information content (AvgIpc) is 3.38. The van der Waals surface area contributed by atoms with Gasteiger partial charge in [0.15, 0.2) is 5.69 Å². The fraction of sp³-hybridized carbons (Fsp3) is 0.412. The molecule has 106 valence electrons. The van der Waals surface area contributed by atoms with E-state index in [-0.39, 0.29) is 11.4 Å². The predicted octanol–water partition coefficient (Wildman–Crippen LogP) is 2.49. The van der Waals surface area contributed by atoms with Gasteiger partial charge in [0.1, 0.15) is 0 Å². The lowest BCUT2D eigenvalue weighted by molar-refractivity contribution is 0.0924. The molecule has 0 radical (unpaired) electrons. The molecule has 0 saturated heterocycles. The standard InChI is InChI=1S/C17H17N3O/c21-16(15-13-9-10-8-12(10)14(13)19-20-15)18-17(6-7-17)11-4-2-1-3-5-11/h1-5,10,12H,6-9H2,(H,18,21)(H,19,20). The van der Waals surface area contributed by atoms with Crippen molar-refractivity contribution in [2.24, 2.45) is 5.92 Å². The summed E-state index contributed by atoms with van der Waals surface area (Å²) in [5, 5.41) is 10.6. The second kappa shape index (κ2) is 3.75. The van der Waals surface area contributed by atoms with Crippen LogP contribution in [0.25, 0.3) is 0 Å². The van der Waals surface area contributed by atoms with Crippen molar-refractivity contribution in [1.82, 2.24) is 15.5 Å². The van der Waals surface area contributed by atoms with Crippen LogP contribution in [0, 0.1) is 5.92 Å². The molecule has 1 aromatic heterocycles. The minimum absolute atomic E-state index is 0.0184. The molecular weight excluding hydrogens is 262 g/mol. The molecule has 2 fully saturated rings. The van der Waals surface area contributed by atoms with Crippen molar-refractivity contribution in [3.8, 4) is 0 Å². The molecule has 1 aromatic carbocycles. The molecule has 2 aromatic rings. The van der Waals surface area contributed by atoms with Gasteiger partial charge in [0.05, 0.1) is 5.54 Å². The molecular formula is C17H17N3O.